The SMILES string of the molecule is NOCC(=O)NCCOCCOCCNC(=O)CONCl. The second-order valence-corrected chi connectivity index (χ2v) is 3.76. The maximum Gasteiger partial charge on any atom is 0.248 e. The smallest absolute Gasteiger partial charge is 0.248 e. The Bertz CT molecular complexity index is 284. The molecule has 0 aliphatic rings. The molecule has 0 fully saturated rings. The van der Waals surface area contributed by atoms with E-state index in [0.717, 1.165) is 0 Å². The molecular weight excluding hydrogens is 308 g/mol. The van der Waals surface area contributed by atoms with Crippen molar-refractivity contribution in [2.75, 3.05) is 52.7 Å². The van der Waals surface area contributed by atoms with Crippen molar-refractivity contribution >= 4 is 23.6 Å². The number of ether oxygens (including phenoxy) is 2. The minimum atomic E-state index is -0.305. The Labute approximate surface area is 127 Å². The van der Waals surface area contributed by atoms with E-state index in [0.29, 0.717) is 39.5 Å². The average Bonchev–Trinajstić information content (AvgIpc) is 2.47. The molecule has 0 heterocycles. The first kappa shape index (κ1) is 20.0. The van der Waals surface area contributed by atoms with Gasteiger partial charge in [-0.3, -0.25) is 19.3 Å². The van der Waals surface area contributed by atoms with Gasteiger partial charge in [-0.1, -0.05) is 0 Å². The van der Waals surface area contributed by atoms with E-state index in [1.165, 1.54) is 0 Å². The lowest BCUT2D eigenvalue weighted by Gasteiger charge is -2.07. The van der Waals surface area contributed by atoms with Crippen molar-refractivity contribution in [3.05, 3.63) is 0 Å². The number of hydrogen-bond donors (Lipinski definition) is 4. The molecule has 0 radical (unpaired) electrons. The van der Waals surface area contributed by atoms with Crippen LogP contribution in [-0.2, 0) is 28.7 Å². The summed E-state index contributed by atoms with van der Waals surface area (Å²) in [5, 5.41) is 5.10. The van der Waals surface area contributed by atoms with E-state index in [1.807, 2.05) is 5.00 Å². The molecule has 0 spiro atoms. The fraction of sp³-hybridized carbons (Fsp3) is 0.800. The predicted octanol–water partition coefficient (Wildman–Crippen LogP) is -2.18. The maximum atomic E-state index is 11.0. The molecule has 0 unspecified atom stereocenters. The fourth-order valence-corrected chi connectivity index (χ4v) is 1.17. The van der Waals surface area contributed by atoms with Gasteiger partial charge in [0.15, 0.2) is 0 Å². The van der Waals surface area contributed by atoms with Gasteiger partial charge in [0.2, 0.25) is 11.8 Å². The van der Waals surface area contributed by atoms with Crippen molar-refractivity contribution in [1.82, 2.24) is 15.6 Å². The molecule has 0 bridgehead atoms. The molecule has 0 aliphatic heterocycles. The van der Waals surface area contributed by atoms with Gasteiger partial charge in [0.1, 0.15) is 13.2 Å². The standard InChI is InChI=1S/C10H21ClN4O6/c11-15-21-8-10(17)14-2-4-19-6-5-18-3-1-13-9(16)7-20-12/h15H,1-8,12H2,(H,13,16)(H,14,17). The monoisotopic (exact) mass is 328 g/mol. The quantitative estimate of drug-likeness (QED) is 0.161. The summed E-state index contributed by atoms with van der Waals surface area (Å²) >= 11 is 5.01. The number of amides is 2. The van der Waals surface area contributed by atoms with E-state index >= 15 is 0 Å². The third kappa shape index (κ3) is 15.2. The lowest BCUT2D eigenvalue weighted by Crippen LogP contribution is -2.32. The first-order chi connectivity index (χ1) is 10.2. The van der Waals surface area contributed by atoms with Crippen molar-refractivity contribution < 1.29 is 28.7 Å². The number of carbonyl (C=O) groups is 2. The Kier molecular flexibility index (Phi) is 14.6. The number of nitrogens with two attached hydrogens (primary N) is 1. The first-order valence-electron chi connectivity index (χ1n) is 6.18. The zero-order valence-electron chi connectivity index (χ0n) is 11.6. The molecule has 0 aromatic carbocycles. The first-order valence-corrected chi connectivity index (χ1v) is 6.56. The second kappa shape index (κ2) is 15.4. The van der Waals surface area contributed by atoms with Crippen molar-refractivity contribution in [3.63, 3.8) is 0 Å². The van der Waals surface area contributed by atoms with E-state index in [-0.39, 0.29) is 25.0 Å². The molecule has 0 aromatic heterocycles. The van der Waals surface area contributed by atoms with Gasteiger partial charge in [-0.25, -0.2) is 5.90 Å². The van der Waals surface area contributed by atoms with Gasteiger partial charge in [-0.15, -0.1) is 5.00 Å². The van der Waals surface area contributed by atoms with Crippen LogP contribution >= 0.6 is 11.8 Å². The molecule has 2 amide bonds. The zero-order chi connectivity index (χ0) is 15.8. The number of rotatable bonds is 14. The summed E-state index contributed by atoms with van der Waals surface area (Å²) in [5.41, 5.74) is 0. The molecule has 0 atom stereocenters. The highest BCUT2D eigenvalue weighted by Crippen LogP contribution is 1.79. The van der Waals surface area contributed by atoms with Crippen LogP contribution in [0.5, 0.6) is 0 Å². The summed E-state index contributed by atoms with van der Waals surface area (Å²) in [4.78, 5) is 32.4. The molecule has 21 heavy (non-hydrogen) atoms. The summed E-state index contributed by atoms with van der Waals surface area (Å²) in [7, 11) is 0. The van der Waals surface area contributed by atoms with Gasteiger partial charge in [-0.05, 0) is 0 Å². The molecule has 0 saturated carbocycles. The van der Waals surface area contributed by atoms with E-state index in [4.69, 9.17) is 27.1 Å². The number of nitrogens with one attached hydrogen (secondary N) is 3. The van der Waals surface area contributed by atoms with Gasteiger partial charge in [0, 0.05) is 24.9 Å². The Morgan fingerprint density at radius 2 is 1.43 bits per heavy atom. The number of hydrogen-bond acceptors (Lipinski definition) is 8. The van der Waals surface area contributed by atoms with Gasteiger partial charge in [0.25, 0.3) is 0 Å². The van der Waals surface area contributed by atoms with Gasteiger partial charge in [-0.2, -0.15) is 0 Å². The van der Waals surface area contributed by atoms with Gasteiger partial charge in [0.05, 0.1) is 26.4 Å². The van der Waals surface area contributed by atoms with Crippen LogP contribution in [0.15, 0.2) is 0 Å². The van der Waals surface area contributed by atoms with Crippen LogP contribution in [0, 0.1) is 0 Å². The third-order valence-electron chi connectivity index (χ3n) is 1.98. The van der Waals surface area contributed by atoms with E-state index in [9.17, 15) is 9.59 Å². The molecule has 11 heteroatoms. The third-order valence-corrected chi connectivity index (χ3v) is 2.09. The van der Waals surface area contributed by atoms with Crippen molar-refractivity contribution in [3.8, 4) is 0 Å². The lowest BCUT2D eigenvalue weighted by molar-refractivity contribution is -0.127. The highest BCUT2D eigenvalue weighted by molar-refractivity contribution is 6.12. The van der Waals surface area contributed by atoms with Crippen LogP contribution < -0.4 is 21.5 Å². The minimum Gasteiger partial charge on any atom is -0.377 e. The van der Waals surface area contributed by atoms with E-state index < -0.39 is 0 Å². The topological polar surface area (TPSA) is 133 Å². The summed E-state index contributed by atoms with van der Waals surface area (Å²) in [6, 6.07) is 0. The maximum absolute atomic E-state index is 11.0. The molecular formula is C10H21ClN4O6. The number of halogens is 1. The van der Waals surface area contributed by atoms with Gasteiger partial charge < -0.3 is 20.1 Å². The Morgan fingerprint density at radius 3 is 1.90 bits per heavy atom. The lowest BCUT2D eigenvalue weighted by atomic mass is 10.6. The Hall–Kier alpha value is -1.01. The Morgan fingerprint density at radius 1 is 0.905 bits per heavy atom. The van der Waals surface area contributed by atoms with E-state index in [2.05, 4.69) is 20.3 Å². The molecule has 0 rings (SSSR count). The molecule has 10 nitrogen and oxygen atoms in total. The van der Waals surface area contributed by atoms with Gasteiger partial charge >= 0.3 is 0 Å². The predicted molar refractivity (Wildman–Crippen MR) is 72.7 cm³/mol. The zero-order valence-corrected chi connectivity index (χ0v) is 12.3. The van der Waals surface area contributed by atoms with Crippen LogP contribution in [0.1, 0.15) is 0 Å². The van der Waals surface area contributed by atoms with Crippen LogP contribution in [0.3, 0.4) is 0 Å². The second-order valence-electron chi connectivity index (χ2n) is 3.60. The minimum absolute atomic E-state index is 0.173. The fourth-order valence-electron chi connectivity index (χ4n) is 1.12. The van der Waals surface area contributed by atoms with Crippen LogP contribution in [-0.4, -0.2) is 64.5 Å². The summed E-state index contributed by atoms with van der Waals surface area (Å²) in [5.74, 6) is 4.12. The molecule has 0 saturated heterocycles. The highest BCUT2D eigenvalue weighted by atomic mass is 35.5. The van der Waals surface area contributed by atoms with Crippen molar-refractivity contribution in [2.45, 2.75) is 0 Å². The molecule has 0 aromatic rings. The highest BCUT2D eigenvalue weighted by Gasteiger charge is 2.00. The number of carbonyl (C=O) groups excluding carboxylic acids is 2. The normalized spacial score (nSPS) is 10.4. The summed E-state index contributed by atoms with van der Waals surface area (Å²) in [6.07, 6.45) is 0. The van der Waals surface area contributed by atoms with E-state index in [1.54, 1.807) is 0 Å². The summed E-state index contributed by atoms with van der Waals surface area (Å²) in [6.45, 7) is 1.86. The molecule has 0 aliphatic carbocycles. The summed E-state index contributed by atoms with van der Waals surface area (Å²) < 4.78 is 10.4. The molecule has 5 N–H and O–H groups in total. The Balaban J connectivity index is 3.15. The molecule has 124 valence electrons. The van der Waals surface area contributed by atoms with Crippen molar-refractivity contribution in [2.24, 2.45) is 5.90 Å². The van der Waals surface area contributed by atoms with Crippen LogP contribution in [0.2, 0.25) is 0 Å². The van der Waals surface area contributed by atoms with Crippen LogP contribution in [0.4, 0.5) is 0 Å². The average molecular weight is 329 g/mol. The largest absolute Gasteiger partial charge is 0.377 e. The van der Waals surface area contributed by atoms with Crippen LogP contribution in [0.25, 0.3) is 0 Å². The van der Waals surface area contributed by atoms with Crippen molar-refractivity contribution in [1.29, 1.82) is 0 Å².